The molecule has 0 radical (unpaired) electrons. The first-order chi connectivity index (χ1) is 16.5. The Labute approximate surface area is 208 Å². The molecule has 1 aromatic rings. The van der Waals surface area contributed by atoms with E-state index in [1.54, 1.807) is 0 Å². The molecule has 2 aliphatic rings. The molecule has 0 aliphatic carbocycles. The Morgan fingerprint density at radius 3 is 2.47 bits per heavy atom. The first-order valence-electron chi connectivity index (χ1n) is 13.4. The van der Waals surface area contributed by atoms with Crippen molar-refractivity contribution < 1.29 is 0 Å². The number of piperazine rings is 1. The summed E-state index contributed by atoms with van der Waals surface area (Å²) in [6.45, 7) is 19.0. The zero-order valence-corrected chi connectivity index (χ0v) is 22.5. The van der Waals surface area contributed by atoms with Gasteiger partial charge in [-0.3, -0.25) is 4.90 Å². The average Bonchev–Trinajstić information content (AvgIpc) is 3.27. The summed E-state index contributed by atoms with van der Waals surface area (Å²) in [7, 11) is 1.96. The van der Waals surface area contributed by atoms with Crippen molar-refractivity contribution in [3.63, 3.8) is 0 Å². The Balaban J connectivity index is 1.49. The number of likely N-dealkylation sites (N-methyl/N-ethyl adjacent to an activating group) is 1. The summed E-state index contributed by atoms with van der Waals surface area (Å²) in [5, 5.41) is 3.20. The molecule has 34 heavy (non-hydrogen) atoms. The fraction of sp³-hybridized carbons (Fsp3) is 0.621. The molecule has 1 N–H and O–H groups in total. The van der Waals surface area contributed by atoms with Crippen LogP contribution in [0.5, 0.6) is 0 Å². The number of hydrogen-bond donors (Lipinski definition) is 1. The van der Waals surface area contributed by atoms with Gasteiger partial charge in [0, 0.05) is 51.4 Å². The summed E-state index contributed by atoms with van der Waals surface area (Å²) in [6.07, 6.45) is 6.83. The number of hydrogen-bond acceptors (Lipinski definition) is 5. The Kier molecular flexibility index (Phi) is 10.2. The molecule has 1 unspecified atom stereocenters. The van der Waals surface area contributed by atoms with Crippen LogP contribution >= 0.6 is 0 Å². The third-order valence-electron chi connectivity index (χ3n) is 7.47. The molecule has 0 aromatic heterocycles. The highest BCUT2D eigenvalue weighted by Gasteiger charge is 2.24. The van der Waals surface area contributed by atoms with Gasteiger partial charge >= 0.3 is 0 Å². The van der Waals surface area contributed by atoms with Crippen molar-refractivity contribution in [3.8, 4) is 0 Å². The van der Waals surface area contributed by atoms with Crippen LogP contribution in [0.3, 0.4) is 0 Å². The predicted molar refractivity (Wildman–Crippen MR) is 146 cm³/mol. The van der Waals surface area contributed by atoms with E-state index in [1.807, 2.05) is 7.05 Å². The van der Waals surface area contributed by atoms with Crippen LogP contribution in [-0.4, -0.2) is 72.9 Å². The summed E-state index contributed by atoms with van der Waals surface area (Å²) in [4.78, 5) is 12.7. The van der Waals surface area contributed by atoms with Gasteiger partial charge < -0.3 is 15.1 Å². The fourth-order valence-corrected chi connectivity index (χ4v) is 5.18. The molecule has 2 heterocycles. The summed E-state index contributed by atoms with van der Waals surface area (Å²) < 4.78 is 0. The van der Waals surface area contributed by atoms with Gasteiger partial charge in [0.15, 0.2) is 0 Å². The minimum Gasteiger partial charge on any atom is -0.392 e. The molecule has 1 aromatic carbocycles. The summed E-state index contributed by atoms with van der Waals surface area (Å²) >= 11 is 0. The van der Waals surface area contributed by atoms with Crippen LogP contribution in [0.2, 0.25) is 0 Å². The molecule has 3 rings (SSSR count). The monoisotopic (exact) mass is 465 g/mol. The summed E-state index contributed by atoms with van der Waals surface area (Å²) in [5.41, 5.74) is 6.43. The Morgan fingerprint density at radius 2 is 1.82 bits per heavy atom. The van der Waals surface area contributed by atoms with E-state index in [0.717, 1.165) is 25.6 Å². The second-order valence-electron chi connectivity index (χ2n) is 9.86. The normalized spacial score (nSPS) is 21.7. The molecular formula is C29H47N5. The van der Waals surface area contributed by atoms with E-state index < -0.39 is 0 Å². The Morgan fingerprint density at radius 1 is 1.09 bits per heavy atom. The van der Waals surface area contributed by atoms with Crippen LogP contribution < -0.4 is 5.32 Å². The molecule has 5 heteroatoms. The number of nitrogens with zero attached hydrogens (tertiary/aromatic N) is 4. The molecule has 0 amide bonds. The standard InChI is InChI=1S/C29H47N5/c1-7-27-21-32(17-18-33(27)9-3)16-10-11-25-12-14-26(15-13-25)20-34-22-28(31-29(34)8-2)23(4)19-24(5)30-6/h12-15,19,27,30H,7-11,16-18,20-22H2,1-6H3/b24-19-,28-23+. The van der Waals surface area contributed by atoms with Gasteiger partial charge in [0.25, 0.3) is 0 Å². The smallest absolute Gasteiger partial charge is 0.105 e. The van der Waals surface area contributed by atoms with Crippen LogP contribution in [0.4, 0.5) is 0 Å². The quantitative estimate of drug-likeness (QED) is 0.495. The van der Waals surface area contributed by atoms with Crippen molar-refractivity contribution in [3.05, 3.63) is 58.4 Å². The van der Waals surface area contributed by atoms with E-state index in [4.69, 9.17) is 4.99 Å². The molecule has 1 saturated heterocycles. The van der Waals surface area contributed by atoms with Crippen molar-refractivity contribution in [1.82, 2.24) is 20.0 Å². The fourth-order valence-electron chi connectivity index (χ4n) is 5.18. The van der Waals surface area contributed by atoms with Crippen LogP contribution in [0, 0.1) is 0 Å². The third-order valence-corrected chi connectivity index (χ3v) is 7.47. The van der Waals surface area contributed by atoms with Gasteiger partial charge in [0.1, 0.15) is 5.84 Å². The van der Waals surface area contributed by atoms with Gasteiger partial charge in [0.05, 0.1) is 12.2 Å². The molecule has 2 aliphatic heterocycles. The lowest BCUT2D eigenvalue weighted by Crippen LogP contribution is -2.52. The van der Waals surface area contributed by atoms with Crippen LogP contribution in [-0.2, 0) is 13.0 Å². The first kappa shape index (κ1) is 26.5. The van der Waals surface area contributed by atoms with Gasteiger partial charge in [0.2, 0.25) is 0 Å². The van der Waals surface area contributed by atoms with Crippen molar-refractivity contribution >= 4 is 5.84 Å². The number of amidine groups is 1. The minimum absolute atomic E-state index is 0.739. The number of benzene rings is 1. The lowest BCUT2D eigenvalue weighted by molar-refractivity contribution is 0.0759. The van der Waals surface area contributed by atoms with Crippen LogP contribution in [0.15, 0.2) is 52.3 Å². The molecule has 1 fully saturated rings. The lowest BCUT2D eigenvalue weighted by Gasteiger charge is -2.40. The third kappa shape index (κ3) is 7.19. The van der Waals surface area contributed by atoms with E-state index in [1.165, 1.54) is 85.9 Å². The number of aryl methyl sites for hydroxylation is 1. The maximum atomic E-state index is 4.94. The topological polar surface area (TPSA) is 34.1 Å². The van der Waals surface area contributed by atoms with Crippen molar-refractivity contribution in [2.75, 3.05) is 46.3 Å². The van der Waals surface area contributed by atoms with Crippen LogP contribution in [0.25, 0.3) is 0 Å². The van der Waals surface area contributed by atoms with Gasteiger partial charge in [-0.05, 0) is 69.0 Å². The lowest BCUT2D eigenvalue weighted by atomic mass is 10.1. The van der Waals surface area contributed by atoms with E-state index in [9.17, 15) is 0 Å². The molecule has 5 nitrogen and oxygen atoms in total. The van der Waals surface area contributed by atoms with Crippen molar-refractivity contribution in [1.29, 1.82) is 0 Å². The highest BCUT2D eigenvalue weighted by molar-refractivity contribution is 5.85. The molecule has 1 atom stereocenters. The molecular weight excluding hydrogens is 418 g/mol. The van der Waals surface area contributed by atoms with Crippen LogP contribution in [0.1, 0.15) is 65.0 Å². The van der Waals surface area contributed by atoms with Crippen molar-refractivity contribution in [2.24, 2.45) is 4.99 Å². The van der Waals surface area contributed by atoms with Gasteiger partial charge in [-0.15, -0.1) is 0 Å². The number of nitrogens with one attached hydrogen (secondary N) is 1. The minimum atomic E-state index is 0.739. The first-order valence-corrected chi connectivity index (χ1v) is 13.4. The second-order valence-corrected chi connectivity index (χ2v) is 9.86. The largest absolute Gasteiger partial charge is 0.392 e. The van der Waals surface area contributed by atoms with E-state index in [2.05, 4.69) is 85.0 Å². The SMILES string of the molecule is CCC1=N/C(=C(C)/C=C(/C)NC)CN1Cc1ccc(CCCN2CCN(CC)C(CC)C2)cc1. The zero-order chi connectivity index (χ0) is 24.5. The molecule has 0 bridgehead atoms. The molecule has 0 saturated carbocycles. The average molecular weight is 466 g/mol. The maximum absolute atomic E-state index is 4.94. The van der Waals surface area contributed by atoms with Gasteiger partial charge in [-0.25, -0.2) is 4.99 Å². The van der Waals surface area contributed by atoms with Gasteiger partial charge in [-0.1, -0.05) is 45.0 Å². The number of allylic oxidation sites excluding steroid dienone is 3. The Bertz CT molecular complexity index is 867. The summed E-state index contributed by atoms with van der Waals surface area (Å²) in [5.74, 6) is 1.20. The second kappa shape index (κ2) is 13.1. The van der Waals surface area contributed by atoms with E-state index in [0.29, 0.717) is 0 Å². The zero-order valence-electron chi connectivity index (χ0n) is 22.5. The summed E-state index contributed by atoms with van der Waals surface area (Å²) in [6, 6.07) is 10.0. The number of rotatable bonds is 11. The molecule has 0 spiro atoms. The van der Waals surface area contributed by atoms with Crippen molar-refractivity contribution in [2.45, 2.75) is 72.9 Å². The molecule has 188 valence electrons. The highest BCUT2D eigenvalue weighted by atomic mass is 15.3. The van der Waals surface area contributed by atoms with E-state index in [-0.39, 0.29) is 0 Å². The van der Waals surface area contributed by atoms with E-state index >= 15 is 0 Å². The van der Waals surface area contributed by atoms with Gasteiger partial charge in [-0.2, -0.15) is 0 Å². The number of aliphatic imine (C=N–C) groups is 1. The highest BCUT2D eigenvalue weighted by Crippen LogP contribution is 2.22. The predicted octanol–water partition coefficient (Wildman–Crippen LogP) is 5.06. The maximum Gasteiger partial charge on any atom is 0.105 e. The Hall–Kier alpha value is -2.11.